The molecule has 0 aliphatic heterocycles. The van der Waals surface area contributed by atoms with Gasteiger partial charge in [0.05, 0.1) is 0 Å². The Morgan fingerprint density at radius 3 is 2.78 bits per heavy atom. The van der Waals surface area contributed by atoms with Gasteiger partial charge in [-0.3, -0.25) is 9.79 Å². The maximum absolute atomic E-state index is 11.4. The summed E-state index contributed by atoms with van der Waals surface area (Å²) in [7, 11) is 0. The average Bonchev–Trinajstić information content (AvgIpc) is 2.94. The first-order chi connectivity index (χ1) is 10.6. The van der Waals surface area contributed by atoms with Crippen molar-refractivity contribution in [2.45, 2.75) is 39.5 Å². The highest BCUT2D eigenvalue weighted by Gasteiger charge is 2.10. The van der Waals surface area contributed by atoms with E-state index in [9.17, 15) is 4.79 Å². The summed E-state index contributed by atoms with van der Waals surface area (Å²) in [5.41, 5.74) is 9.75. The number of hydrogen-bond donors (Lipinski definition) is 3. The van der Waals surface area contributed by atoms with E-state index in [-0.39, 0.29) is 35.8 Å². The van der Waals surface area contributed by atoms with Crippen molar-refractivity contribution in [1.29, 1.82) is 0 Å². The molecular weight excluding hydrogens is 403 g/mol. The maximum atomic E-state index is 11.4. The van der Waals surface area contributed by atoms with Gasteiger partial charge < -0.3 is 16.4 Å². The molecule has 2 rings (SSSR count). The standard InChI is InChI=1S/C17H26N4O.HI/c1-12(2)16(22)19-9-4-10-20-17(18)21-15-8-7-13-5-3-6-14(13)11-15;/h7-8,11-12H,3-6,9-10H2,1-2H3,(H,19,22)(H3,18,20,21);1H. The van der Waals surface area contributed by atoms with Crippen LogP contribution < -0.4 is 16.4 Å². The van der Waals surface area contributed by atoms with Crippen LogP contribution in [0.25, 0.3) is 0 Å². The quantitative estimate of drug-likeness (QED) is 0.281. The number of carbonyl (C=O) groups is 1. The largest absolute Gasteiger partial charge is 0.370 e. The summed E-state index contributed by atoms with van der Waals surface area (Å²) < 4.78 is 0. The van der Waals surface area contributed by atoms with Crippen molar-refractivity contribution < 1.29 is 4.79 Å². The molecule has 0 bridgehead atoms. The van der Waals surface area contributed by atoms with Crippen molar-refractivity contribution in [3.8, 4) is 0 Å². The van der Waals surface area contributed by atoms with Crippen LogP contribution in [0, 0.1) is 5.92 Å². The second-order valence-corrected chi connectivity index (χ2v) is 6.03. The highest BCUT2D eigenvalue weighted by molar-refractivity contribution is 14.0. The fourth-order valence-electron chi connectivity index (χ4n) is 2.53. The molecule has 0 saturated carbocycles. The summed E-state index contributed by atoms with van der Waals surface area (Å²) >= 11 is 0. The third kappa shape index (κ3) is 6.37. The van der Waals surface area contributed by atoms with Gasteiger partial charge in [0.15, 0.2) is 5.96 Å². The Morgan fingerprint density at radius 2 is 2.04 bits per heavy atom. The highest BCUT2D eigenvalue weighted by Crippen LogP contribution is 2.24. The molecule has 0 saturated heterocycles. The van der Waals surface area contributed by atoms with Gasteiger partial charge in [-0.15, -0.1) is 24.0 Å². The smallest absolute Gasteiger partial charge is 0.222 e. The van der Waals surface area contributed by atoms with Gasteiger partial charge in [-0.2, -0.15) is 0 Å². The molecule has 128 valence electrons. The minimum atomic E-state index is 0. The fourth-order valence-corrected chi connectivity index (χ4v) is 2.53. The molecule has 1 aromatic rings. The van der Waals surface area contributed by atoms with Gasteiger partial charge in [-0.25, -0.2) is 0 Å². The molecule has 23 heavy (non-hydrogen) atoms. The van der Waals surface area contributed by atoms with Crippen LogP contribution in [0.4, 0.5) is 5.69 Å². The van der Waals surface area contributed by atoms with Crippen molar-refractivity contribution in [2.24, 2.45) is 16.6 Å². The zero-order valence-electron chi connectivity index (χ0n) is 13.9. The molecular formula is C17H27IN4O. The number of hydrogen-bond acceptors (Lipinski definition) is 2. The zero-order chi connectivity index (χ0) is 15.9. The number of amides is 1. The van der Waals surface area contributed by atoms with Crippen LogP contribution in [0.15, 0.2) is 23.2 Å². The summed E-state index contributed by atoms with van der Waals surface area (Å²) in [6, 6.07) is 6.38. The SMILES string of the molecule is CC(C)C(=O)NCCCN=C(N)Nc1ccc2c(c1)CCC2.I. The highest BCUT2D eigenvalue weighted by atomic mass is 127. The third-order valence-electron chi connectivity index (χ3n) is 3.81. The van der Waals surface area contributed by atoms with E-state index in [1.165, 1.54) is 24.0 Å². The van der Waals surface area contributed by atoms with E-state index < -0.39 is 0 Å². The minimum Gasteiger partial charge on any atom is -0.370 e. The number of aliphatic imine (C=N–C) groups is 1. The maximum Gasteiger partial charge on any atom is 0.222 e. The number of carbonyl (C=O) groups excluding carboxylic acids is 1. The summed E-state index contributed by atoms with van der Waals surface area (Å²) in [5, 5.41) is 5.99. The van der Waals surface area contributed by atoms with Gasteiger partial charge in [0.25, 0.3) is 0 Å². The van der Waals surface area contributed by atoms with Crippen molar-refractivity contribution in [3.63, 3.8) is 0 Å². The van der Waals surface area contributed by atoms with E-state index in [4.69, 9.17) is 5.73 Å². The van der Waals surface area contributed by atoms with E-state index in [1.54, 1.807) is 0 Å². The van der Waals surface area contributed by atoms with Gasteiger partial charge >= 0.3 is 0 Å². The third-order valence-corrected chi connectivity index (χ3v) is 3.81. The fraction of sp³-hybridized carbons (Fsp3) is 0.529. The molecule has 0 atom stereocenters. The monoisotopic (exact) mass is 430 g/mol. The lowest BCUT2D eigenvalue weighted by Gasteiger charge is -2.08. The van der Waals surface area contributed by atoms with Crippen LogP contribution in [0.3, 0.4) is 0 Å². The van der Waals surface area contributed by atoms with Crippen LogP contribution in [-0.2, 0) is 17.6 Å². The lowest BCUT2D eigenvalue weighted by Crippen LogP contribution is -2.29. The molecule has 0 aromatic heterocycles. The molecule has 5 nitrogen and oxygen atoms in total. The number of nitrogens with two attached hydrogens (primary N) is 1. The van der Waals surface area contributed by atoms with Crippen LogP contribution >= 0.6 is 24.0 Å². The second-order valence-electron chi connectivity index (χ2n) is 6.03. The first kappa shape index (κ1) is 19.7. The molecule has 1 amide bonds. The van der Waals surface area contributed by atoms with Crippen LogP contribution in [0.2, 0.25) is 0 Å². The molecule has 1 aliphatic rings. The Kier molecular flexibility index (Phi) is 8.36. The number of nitrogens with one attached hydrogen (secondary N) is 2. The summed E-state index contributed by atoms with van der Waals surface area (Å²) in [6.45, 7) is 4.99. The summed E-state index contributed by atoms with van der Waals surface area (Å²) in [4.78, 5) is 15.7. The molecule has 6 heteroatoms. The Balaban J connectivity index is 0.00000264. The van der Waals surface area contributed by atoms with Gasteiger partial charge in [0.1, 0.15) is 0 Å². The van der Waals surface area contributed by atoms with E-state index >= 15 is 0 Å². The molecule has 0 heterocycles. The lowest BCUT2D eigenvalue weighted by atomic mass is 10.1. The van der Waals surface area contributed by atoms with Crippen LogP contribution in [-0.4, -0.2) is 25.0 Å². The van der Waals surface area contributed by atoms with E-state index in [2.05, 4.69) is 33.8 Å². The number of halogens is 1. The predicted octanol–water partition coefficient (Wildman–Crippen LogP) is 2.68. The van der Waals surface area contributed by atoms with Crippen LogP contribution in [0.5, 0.6) is 0 Å². The molecule has 1 aromatic carbocycles. The van der Waals surface area contributed by atoms with Crippen molar-refractivity contribution in [2.75, 3.05) is 18.4 Å². The number of aryl methyl sites for hydroxylation is 2. The summed E-state index contributed by atoms with van der Waals surface area (Å²) in [5.74, 6) is 0.524. The molecule has 0 fully saturated rings. The first-order valence-electron chi connectivity index (χ1n) is 8.02. The number of fused-ring (bicyclic) bond motifs is 1. The van der Waals surface area contributed by atoms with Crippen molar-refractivity contribution >= 4 is 41.5 Å². The Hall–Kier alpha value is -1.31. The minimum absolute atomic E-state index is 0. The van der Waals surface area contributed by atoms with Gasteiger partial charge in [0.2, 0.25) is 5.91 Å². The molecule has 0 spiro atoms. The second kappa shape index (κ2) is 9.75. The molecule has 0 radical (unpaired) electrons. The molecule has 1 aliphatic carbocycles. The average molecular weight is 430 g/mol. The number of nitrogens with zero attached hydrogens (tertiary/aromatic N) is 1. The number of rotatable bonds is 6. The van der Waals surface area contributed by atoms with Gasteiger partial charge in [-0.1, -0.05) is 19.9 Å². The van der Waals surface area contributed by atoms with Crippen LogP contribution in [0.1, 0.15) is 37.8 Å². The topological polar surface area (TPSA) is 79.5 Å². The summed E-state index contributed by atoms with van der Waals surface area (Å²) in [6.07, 6.45) is 4.36. The van der Waals surface area contributed by atoms with Gasteiger partial charge in [-0.05, 0) is 48.9 Å². The number of benzene rings is 1. The van der Waals surface area contributed by atoms with E-state index in [0.29, 0.717) is 19.0 Å². The Labute approximate surface area is 155 Å². The predicted molar refractivity (Wildman–Crippen MR) is 106 cm³/mol. The first-order valence-corrected chi connectivity index (χ1v) is 8.02. The van der Waals surface area contributed by atoms with Crippen molar-refractivity contribution in [1.82, 2.24) is 5.32 Å². The Bertz CT molecular complexity index is 558. The number of anilines is 1. The zero-order valence-corrected chi connectivity index (χ0v) is 16.2. The van der Waals surface area contributed by atoms with E-state index in [0.717, 1.165) is 18.5 Å². The van der Waals surface area contributed by atoms with E-state index in [1.807, 2.05) is 13.8 Å². The van der Waals surface area contributed by atoms with Gasteiger partial charge in [0, 0.05) is 24.7 Å². The molecule has 4 N–H and O–H groups in total. The number of guanidine groups is 1. The van der Waals surface area contributed by atoms with Crippen molar-refractivity contribution in [3.05, 3.63) is 29.3 Å². The lowest BCUT2D eigenvalue weighted by molar-refractivity contribution is -0.123. The Morgan fingerprint density at radius 1 is 1.30 bits per heavy atom. The molecule has 0 unspecified atom stereocenters. The normalized spacial score (nSPS) is 13.4.